The summed E-state index contributed by atoms with van der Waals surface area (Å²) in [7, 11) is 0. The molecule has 0 N–H and O–H groups in total. The summed E-state index contributed by atoms with van der Waals surface area (Å²) in [5.74, 6) is 1.24. The molecule has 0 aromatic heterocycles. The van der Waals surface area contributed by atoms with Gasteiger partial charge in [0.1, 0.15) is 6.61 Å². The summed E-state index contributed by atoms with van der Waals surface area (Å²) in [5.41, 5.74) is 3.67. The van der Waals surface area contributed by atoms with Gasteiger partial charge in [-0.3, -0.25) is 4.79 Å². The Bertz CT molecular complexity index is 514. The molecule has 2 aliphatic rings. The lowest BCUT2D eigenvalue weighted by atomic mass is 9.47. The molecule has 2 nitrogen and oxygen atoms in total. The Labute approximate surface area is 148 Å². The maximum Gasteiger partial charge on any atom is 0.302 e. The molecule has 0 aliphatic heterocycles. The number of esters is 1. The molecule has 1 unspecified atom stereocenters. The fourth-order valence-electron chi connectivity index (χ4n) is 5.58. The second-order valence-corrected chi connectivity index (χ2v) is 9.04. The van der Waals surface area contributed by atoms with Gasteiger partial charge < -0.3 is 4.74 Å². The first kappa shape index (κ1) is 19.3. The second kappa shape index (κ2) is 7.45. The van der Waals surface area contributed by atoms with Crippen LogP contribution < -0.4 is 0 Å². The van der Waals surface area contributed by atoms with Crippen LogP contribution in [0.4, 0.5) is 0 Å². The maximum atomic E-state index is 10.9. The van der Waals surface area contributed by atoms with E-state index in [-0.39, 0.29) is 5.97 Å². The van der Waals surface area contributed by atoms with Gasteiger partial charge in [0.2, 0.25) is 0 Å². The third kappa shape index (κ3) is 4.13. The van der Waals surface area contributed by atoms with E-state index in [1.54, 1.807) is 0 Å². The highest BCUT2D eigenvalue weighted by molar-refractivity contribution is 5.66. The molecule has 0 saturated heterocycles. The van der Waals surface area contributed by atoms with Crippen molar-refractivity contribution in [2.75, 3.05) is 6.61 Å². The molecule has 2 heteroatoms. The third-order valence-corrected chi connectivity index (χ3v) is 6.86. The van der Waals surface area contributed by atoms with Gasteiger partial charge in [0.05, 0.1) is 0 Å². The summed E-state index contributed by atoms with van der Waals surface area (Å²) in [6.45, 7) is 16.0. The molecule has 2 rings (SSSR count). The lowest BCUT2D eigenvalue weighted by Crippen LogP contribution is -2.49. The zero-order valence-electron chi connectivity index (χ0n) is 16.4. The molecule has 0 aromatic rings. The van der Waals surface area contributed by atoms with E-state index in [0.717, 1.165) is 12.3 Å². The summed E-state index contributed by atoms with van der Waals surface area (Å²) >= 11 is 0. The third-order valence-electron chi connectivity index (χ3n) is 6.86. The van der Waals surface area contributed by atoms with E-state index >= 15 is 0 Å². The van der Waals surface area contributed by atoms with Gasteiger partial charge in [-0.1, -0.05) is 44.9 Å². The lowest BCUT2D eigenvalue weighted by Gasteiger charge is -2.58. The molecule has 2 saturated carbocycles. The minimum atomic E-state index is -0.209. The van der Waals surface area contributed by atoms with Crippen molar-refractivity contribution in [2.24, 2.45) is 22.7 Å². The summed E-state index contributed by atoms with van der Waals surface area (Å²) < 4.78 is 5.03. The van der Waals surface area contributed by atoms with Crippen LogP contribution in [0, 0.1) is 22.7 Å². The lowest BCUT2D eigenvalue weighted by molar-refractivity contribution is -0.139. The summed E-state index contributed by atoms with van der Waals surface area (Å²) in [4.78, 5) is 10.9. The number of hydrogen-bond acceptors (Lipinski definition) is 2. The molecule has 136 valence electrons. The Morgan fingerprint density at radius 3 is 2.67 bits per heavy atom. The SMILES string of the molecule is C=C1CCC2C(C)(C)CCC[C@@]2(C)[C@@H]1CC/C(C)=C/COC(C)=O. The Balaban J connectivity index is 2.04. The number of allylic oxidation sites excluding steroid dienone is 2. The Hall–Kier alpha value is -1.05. The number of carbonyl (C=O) groups excluding carboxylic acids is 1. The first-order valence-electron chi connectivity index (χ1n) is 9.63. The van der Waals surface area contributed by atoms with Crippen LogP contribution in [0.2, 0.25) is 0 Å². The summed E-state index contributed by atoms with van der Waals surface area (Å²) in [6, 6.07) is 0. The average Bonchev–Trinajstić information content (AvgIpc) is 2.45. The molecule has 2 fully saturated rings. The molecular formula is C22H36O2. The molecule has 0 amide bonds. The van der Waals surface area contributed by atoms with Crippen LogP contribution in [0.5, 0.6) is 0 Å². The van der Waals surface area contributed by atoms with Crippen LogP contribution in [0.25, 0.3) is 0 Å². The molecule has 0 bridgehead atoms. The van der Waals surface area contributed by atoms with Crippen molar-refractivity contribution in [3.8, 4) is 0 Å². The highest BCUT2D eigenvalue weighted by Crippen LogP contribution is 2.61. The van der Waals surface area contributed by atoms with Crippen molar-refractivity contribution in [2.45, 2.75) is 79.6 Å². The van der Waals surface area contributed by atoms with Crippen molar-refractivity contribution < 1.29 is 9.53 Å². The van der Waals surface area contributed by atoms with E-state index in [1.807, 2.05) is 0 Å². The van der Waals surface area contributed by atoms with Gasteiger partial charge in [-0.2, -0.15) is 0 Å². The largest absolute Gasteiger partial charge is 0.462 e. The zero-order chi connectivity index (χ0) is 18.0. The van der Waals surface area contributed by atoms with Crippen LogP contribution in [-0.2, 0) is 9.53 Å². The van der Waals surface area contributed by atoms with Gasteiger partial charge in [0.25, 0.3) is 0 Å². The topological polar surface area (TPSA) is 26.3 Å². The molecular weight excluding hydrogens is 296 g/mol. The highest BCUT2D eigenvalue weighted by Gasteiger charge is 2.52. The van der Waals surface area contributed by atoms with Gasteiger partial charge in [-0.25, -0.2) is 0 Å². The Morgan fingerprint density at radius 2 is 2.00 bits per heavy atom. The van der Waals surface area contributed by atoms with Gasteiger partial charge in [0, 0.05) is 6.92 Å². The molecule has 2 aliphatic carbocycles. The molecule has 0 spiro atoms. The van der Waals surface area contributed by atoms with E-state index in [4.69, 9.17) is 4.74 Å². The van der Waals surface area contributed by atoms with E-state index < -0.39 is 0 Å². The zero-order valence-corrected chi connectivity index (χ0v) is 16.4. The van der Waals surface area contributed by atoms with Crippen molar-refractivity contribution in [3.63, 3.8) is 0 Å². The predicted molar refractivity (Wildman–Crippen MR) is 101 cm³/mol. The van der Waals surface area contributed by atoms with Crippen LogP contribution >= 0.6 is 0 Å². The smallest absolute Gasteiger partial charge is 0.302 e. The Morgan fingerprint density at radius 1 is 1.29 bits per heavy atom. The van der Waals surface area contributed by atoms with Gasteiger partial charge in [0.15, 0.2) is 0 Å². The molecule has 0 radical (unpaired) electrons. The summed E-state index contributed by atoms with van der Waals surface area (Å²) in [5, 5.41) is 0. The van der Waals surface area contributed by atoms with Gasteiger partial charge in [-0.15, -0.1) is 0 Å². The fraction of sp³-hybridized carbons (Fsp3) is 0.773. The first-order chi connectivity index (χ1) is 11.2. The van der Waals surface area contributed by atoms with Crippen LogP contribution in [0.3, 0.4) is 0 Å². The average molecular weight is 333 g/mol. The normalized spacial score (nSPS) is 33.0. The van der Waals surface area contributed by atoms with Crippen molar-refractivity contribution in [3.05, 3.63) is 23.8 Å². The quantitative estimate of drug-likeness (QED) is 0.451. The fourth-order valence-corrected chi connectivity index (χ4v) is 5.58. The number of fused-ring (bicyclic) bond motifs is 1. The standard InChI is InChI=1S/C22H36O2/c1-16(12-15-24-18(3)23)8-10-19-17(2)9-11-20-21(4,5)13-7-14-22(19,20)6/h12,19-20H,2,7-11,13-15H2,1,3-6H3/b16-12+/t19-,20?,22+/m1/s1. The minimum absolute atomic E-state index is 0.209. The van der Waals surface area contributed by atoms with Crippen LogP contribution in [-0.4, -0.2) is 12.6 Å². The molecule has 0 aromatic carbocycles. The number of ether oxygens (including phenoxy) is 1. The number of hydrogen-bond donors (Lipinski definition) is 0. The molecule has 3 atom stereocenters. The Kier molecular flexibility index (Phi) is 5.99. The molecule has 24 heavy (non-hydrogen) atoms. The monoisotopic (exact) mass is 332 g/mol. The van der Waals surface area contributed by atoms with Gasteiger partial charge in [-0.05, 0) is 74.2 Å². The van der Waals surface area contributed by atoms with Gasteiger partial charge >= 0.3 is 5.97 Å². The highest BCUT2D eigenvalue weighted by atomic mass is 16.5. The van der Waals surface area contributed by atoms with Crippen LogP contribution in [0.15, 0.2) is 23.8 Å². The molecule has 0 heterocycles. The van der Waals surface area contributed by atoms with E-state index in [1.165, 1.54) is 56.6 Å². The minimum Gasteiger partial charge on any atom is -0.462 e. The summed E-state index contributed by atoms with van der Waals surface area (Å²) in [6.07, 6.45) is 10.9. The first-order valence-corrected chi connectivity index (χ1v) is 9.63. The predicted octanol–water partition coefficient (Wildman–Crippen LogP) is 6.07. The van der Waals surface area contributed by atoms with Crippen molar-refractivity contribution >= 4 is 5.97 Å². The van der Waals surface area contributed by atoms with Crippen molar-refractivity contribution in [1.29, 1.82) is 0 Å². The maximum absolute atomic E-state index is 10.9. The number of carbonyl (C=O) groups is 1. The van der Waals surface area contributed by atoms with E-state index in [2.05, 4.69) is 40.3 Å². The van der Waals surface area contributed by atoms with Crippen LogP contribution in [0.1, 0.15) is 79.6 Å². The van der Waals surface area contributed by atoms with E-state index in [0.29, 0.717) is 23.4 Å². The number of rotatable bonds is 5. The second-order valence-electron chi connectivity index (χ2n) is 9.04. The van der Waals surface area contributed by atoms with E-state index in [9.17, 15) is 4.79 Å². The van der Waals surface area contributed by atoms with Crippen molar-refractivity contribution in [1.82, 2.24) is 0 Å².